The van der Waals surface area contributed by atoms with E-state index in [4.69, 9.17) is 0 Å². The van der Waals surface area contributed by atoms with E-state index < -0.39 is 5.41 Å². The van der Waals surface area contributed by atoms with Gasteiger partial charge in [0.2, 0.25) is 0 Å². The Morgan fingerprint density at radius 3 is 2.65 bits per heavy atom. The average Bonchev–Trinajstić information content (AvgIpc) is 2.84. The summed E-state index contributed by atoms with van der Waals surface area (Å²) in [7, 11) is 0. The summed E-state index contributed by atoms with van der Waals surface area (Å²) in [5, 5.41) is 0. The van der Waals surface area contributed by atoms with Crippen LogP contribution in [0.5, 0.6) is 0 Å². The summed E-state index contributed by atoms with van der Waals surface area (Å²) in [6.45, 7) is 4.33. The first-order valence-corrected chi connectivity index (χ1v) is 9.17. The van der Waals surface area contributed by atoms with Crippen LogP contribution in [0.2, 0.25) is 0 Å². The second-order valence-corrected chi connectivity index (χ2v) is 8.66. The largest absolute Gasteiger partial charge is 0.302 e. The topological polar surface area (TPSA) is 51.2 Å². The highest BCUT2D eigenvalue weighted by Crippen LogP contribution is 2.64. The van der Waals surface area contributed by atoms with Crippen molar-refractivity contribution >= 4 is 17.9 Å². The maximum atomic E-state index is 12.4. The fourth-order valence-corrected chi connectivity index (χ4v) is 6.63. The molecule has 3 nitrogen and oxygen atoms in total. The molecule has 0 aliphatic heterocycles. The van der Waals surface area contributed by atoms with Gasteiger partial charge in [-0.2, -0.15) is 0 Å². The van der Waals surface area contributed by atoms with E-state index in [0.717, 1.165) is 37.5 Å². The van der Waals surface area contributed by atoms with Gasteiger partial charge in [-0.1, -0.05) is 19.4 Å². The number of hydrogen-bond donors (Lipinski definition) is 0. The van der Waals surface area contributed by atoms with Crippen molar-refractivity contribution in [2.45, 2.75) is 58.8 Å². The van der Waals surface area contributed by atoms with Gasteiger partial charge in [0.25, 0.3) is 0 Å². The van der Waals surface area contributed by atoms with E-state index in [9.17, 15) is 14.4 Å². The van der Waals surface area contributed by atoms with E-state index in [1.807, 2.05) is 0 Å². The number of hydrogen-bond acceptors (Lipinski definition) is 3. The van der Waals surface area contributed by atoms with Gasteiger partial charge in [0.1, 0.15) is 12.1 Å². The van der Waals surface area contributed by atoms with Crippen molar-refractivity contribution in [2.24, 2.45) is 34.5 Å². The molecule has 0 aromatic carbocycles. The third-order valence-corrected chi connectivity index (χ3v) is 7.81. The van der Waals surface area contributed by atoms with E-state index >= 15 is 0 Å². The lowest BCUT2D eigenvalue weighted by atomic mass is 9.45. The van der Waals surface area contributed by atoms with Crippen LogP contribution in [0.4, 0.5) is 0 Å². The number of carbonyl (C=O) groups excluding carboxylic acids is 3. The zero-order valence-electron chi connectivity index (χ0n) is 14.1. The van der Waals surface area contributed by atoms with Gasteiger partial charge in [0.05, 0.1) is 5.41 Å². The smallest absolute Gasteiger partial charge is 0.155 e. The SMILES string of the molecule is C[C@H]1C[C@@H]2[C@H](CC[C@]3(C)C(=O)CC[C@@H]23)[C@@]2(C=O)CCC(=O)C=C12. The Hall–Kier alpha value is -1.25. The lowest BCUT2D eigenvalue weighted by molar-refractivity contribution is -0.137. The summed E-state index contributed by atoms with van der Waals surface area (Å²) in [6, 6.07) is 0. The number of Topliss-reactive ketones (excluding diaryl/α,β-unsaturated/α-hetero) is 1. The molecule has 124 valence electrons. The minimum atomic E-state index is -0.427. The minimum Gasteiger partial charge on any atom is -0.302 e. The van der Waals surface area contributed by atoms with Crippen molar-refractivity contribution in [3.05, 3.63) is 11.6 Å². The lowest BCUT2D eigenvalue weighted by Gasteiger charge is -2.57. The van der Waals surface area contributed by atoms with Crippen LogP contribution in [0.1, 0.15) is 58.8 Å². The summed E-state index contributed by atoms with van der Waals surface area (Å²) < 4.78 is 0. The minimum absolute atomic E-state index is 0.156. The number of ketones is 2. The molecule has 0 radical (unpaired) electrons. The molecule has 0 amide bonds. The molecule has 0 unspecified atom stereocenters. The zero-order valence-corrected chi connectivity index (χ0v) is 14.1. The molecule has 23 heavy (non-hydrogen) atoms. The van der Waals surface area contributed by atoms with E-state index in [1.165, 1.54) is 0 Å². The molecule has 4 rings (SSSR count). The van der Waals surface area contributed by atoms with Gasteiger partial charge in [0, 0.05) is 18.3 Å². The second kappa shape index (κ2) is 4.87. The van der Waals surface area contributed by atoms with Gasteiger partial charge < -0.3 is 4.79 Å². The molecular weight excluding hydrogens is 288 g/mol. The summed E-state index contributed by atoms with van der Waals surface area (Å²) in [4.78, 5) is 36.6. The Morgan fingerprint density at radius 1 is 1.13 bits per heavy atom. The van der Waals surface area contributed by atoms with Crippen molar-refractivity contribution in [2.75, 3.05) is 0 Å². The predicted octanol–water partition coefficient (Wildman–Crippen LogP) is 3.51. The second-order valence-electron chi connectivity index (χ2n) is 8.66. The Morgan fingerprint density at radius 2 is 1.91 bits per heavy atom. The molecule has 3 fully saturated rings. The Balaban J connectivity index is 1.78. The van der Waals surface area contributed by atoms with Crippen LogP contribution in [0.25, 0.3) is 0 Å². The molecule has 0 saturated heterocycles. The van der Waals surface area contributed by atoms with Gasteiger partial charge in [-0.15, -0.1) is 0 Å². The summed E-state index contributed by atoms with van der Waals surface area (Å²) >= 11 is 0. The van der Waals surface area contributed by atoms with Crippen LogP contribution in [-0.2, 0) is 14.4 Å². The van der Waals surface area contributed by atoms with Crippen LogP contribution in [0, 0.1) is 34.5 Å². The van der Waals surface area contributed by atoms with Crippen molar-refractivity contribution in [1.29, 1.82) is 0 Å². The molecule has 4 aliphatic rings. The molecule has 3 saturated carbocycles. The zero-order chi connectivity index (χ0) is 16.4. The molecule has 0 bridgehead atoms. The normalized spacial score (nSPS) is 49.0. The summed E-state index contributed by atoms with van der Waals surface area (Å²) in [6.07, 6.45) is 8.76. The lowest BCUT2D eigenvalue weighted by Crippen LogP contribution is -2.54. The van der Waals surface area contributed by atoms with Crippen LogP contribution < -0.4 is 0 Å². The predicted molar refractivity (Wildman–Crippen MR) is 86.7 cm³/mol. The van der Waals surface area contributed by atoms with Gasteiger partial charge >= 0.3 is 0 Å². The van der Waals surface area contributed by atoms with Gasteiger partial charge in [-0.25, -0.2) is 0 Å². The molecular formula is C20H26O3. The number of fused-ring (bicyclic) bond motifs is 5. The number of rotatable bonds is 1. The maximum Gasteiger partial charge on any atom is 0.155 e. The van der Waals surface area contributed by atoms with Gasteiger partial charge in [-0.3, -0.25) is 9.59 Å². The van der Waals surface area contributed by atoms with E-state index in [1.54, 1.807) is 6.08 Å². The summed E-state index contributed by atoms with van der Waals surface area (Å²) in [5.74, 6) is 2.13. The van der Waals surface area contributed by atoms with Crippen LogP contribution >= 0.6 is 0 Å². The van der Waals surface area contributed by atoms with Crippen LogP contribution in [0.15, 0.2) is 11.6 Å². The average molecular weight is 314 g/mol. The fraction of sp³-hybridized carbons (Fsp3) is 0.750. The highest BCUT2D eigenvalue weighted by Gasteiger charge is 2.61. The molecule has 3 heteroatoms. The molecule has 4 aliphatic carbocycles. The quantitative estimate of drug-likeness (QED) is 0.696. The molecule has 0 aromatic heterocycles. The van der Waals surface area contributed by atoms with Crippen LogP contribution in [-0.4, -0.2) is 17.9 Å². The highest BCUT2D eigenvalue weighted by molar-refractivity contribution is 5.94. The van der Waals surface area contributed by atoms with Crippen molar-refractivity contribution < 1.29 is 14.4 Å². The first-order valence-electron chi connectivity index (χ1n) is 9.17. The highest BCUT2D eigenvalue weighted by atomic mass is 16.1. The molecule has 0 heterocycles. The Labute approximate surface area is 137 Å². The van der Waals surface area contributed by atoms with Crippen LogP contribution in [0.3, 0.4) is 0 Å². The standard InChI is InChI=1S/C20H26O3/c1-12-9-14-15-3-4-18(23)19(15,2)7-6-16(14)20(11-21)8-5-13(22)10-17(12)20/h10-12,14-16H,3-9H2,1-2H3/t12-,14-,15-,16-,19-,20-/m0/s1. The fourth-order valence-electron chi connectivity index (χ4n) is 6.63. The van der Waals surface area contributed by atoms with Gasteiger partial charge in [-0.05, 0) is 61.9 Å². The van der Waals surface area contributed by atoms with Crippen molar-refractivity contribution in [1.82, 2.24) is 0 Å². The first kappa shape index (κ1) is 15.3. The third kappa shape index (κ3) is 1.85. The van der Waals surface area contributed by atoms with Gasteiger partial charge in [0.15, 0.2) is 5.78 Å². The molecule has 0 N–H and O–H groups in total. The molecule has 0 aromatic rings. The summed E-state index contributed by atoms with van der Waals surface area (Å²) in [5.41, 5.74) is 0.512. The Bertz CT molecular complexity index is 618. The third-order valence-electron chi connectivity index (χ3n) is 7.81. The number of allylic oxidation sites excluding steroid dienone is 1. The molecule has 0 spiro atoms. The number of carbonyl (C=O) groups is 3. The molecule has 6 atom stereocenters. The van der Waals surface area contributed by atoms with Crippen molar-refractivity contribution in [3.63, 3.8) is 0 Å². The van der Waals surface area contributed by atoms with E-state index in [-0.39, 0.29) is 17.1 Å². The van der Waals surface area contributed by atoms with E-state index in [0.29, 0.717) is 42.8 Å². The van der Waals surface area contributed by atoms with Crippen molar-refractivity contribution in [3.8, 4) is 0 Å². The first-order chi connectivity index (χ1) is 10.9. The monoisotopic (exact) mass is 314 g/mol. The van der Waals surface area contributed by atoms with E-state index in [2.05, 4.69) is 13.8 Å². The maximum absolute atomic E-state index is 12.4. The number of aldehydes is 1. The Kier molecular flexibility index (Phi) is 3.24.